The summed E-state index contributed by atoms with van der Waals surface area (Å²) in [5, 5.41) is 9.02. The summed E-state index contributed by atoms with van der Waals surface area (Å²) in [5.74, 6) is 0.231. The quantitative estimate of drug-likeness (QED) is 0.791. The molecule has 1 aromatic rings. The minimum absolute atomic E-state index is 0.0984. The molecule has 1 unspecified atom stereocenters. The van der Waals surface area contributed by atoms with E-state index in [0.29, 0.717) is 25.1 Å². The normalized spacial score (nSPS) is 20.3. The lowest BCUT2D eigenvalue weighted by Gasteiger charge is -2.31. The second kappa shape index (κ2) is 6.83. The molecule has 1 fully saturated rings. The second-order valence-electron chi connectivity index (χ2n) is 5.27. The molecule has 1 atom stereocenters. The van der Waals surface area contributed by atoms with E-state index in [4.69, 9.17) is 23.1 Å². The summed E-state index contributed by atoms with van der Waals surface area (Å²) >= 11 is 4.86. The number of nitrogens with zero attached hydrogens (tertiary/aromatic N) is 1. The van der Waals surface area contributed by atoms with Gasteiger partial charge in [-0.15, -0.1) is 0 Å². The fourth-order valence-corrected chi connectivity index (χ4v) is 4.29. The first-order valence-corrected chi connectivity index (χ1v) is 8.81. The van der Waals surface area contributed by atoms with E-state index in [0.717, 1.165) is 12.8 Å². The van der Waals surface area contributed by atoms with Crippen LogP contribution in [0.1, 0.15) is 24.8 Å². The lowest BCUT2D eigenvalue weighted by Crippen LogP contribution is -2.40. The Kier molecular flexibility index (Phi) is 5.32. The Hall–Kier alpha value is -1.02. The zero-order valence-corrected chi connectivity index (χ0v) is 13.4. The molecule has 3 N–H and O–H groups in total. The SMILES string of the molecule is NC(=S)c1ccc(S(=O)(=O)N2CCCC(CCO)C2)cc1. The number of hydrogen-bond donors (Lipinski definition) is 2. The van der Waals surface area contributed by atoms with Crippen molar-refractivity contribution in [1.82, 2.24) is 4.31 Å². The smallest absolute Gasteiger partial charge is 0.243 e. The first-order chi connectivity index (χ1) is 9.95. The zero-order chi connectivity index (χ0) is 15.5. The van der Waals surface area contributed by atoms with Crippen LogP contribution in [0.3, 0.4) is 0 Å². The van der Waals surface area contributed by atoms with Crippen LogP contribution in [-0.2, 0) is 10.0 Å². The molecule has 7 heteroatoms. The Labute approximate surface area is 130 Å². The van der Waals surface area contributed by atoms with E-state index in [-0.39, 0.29) is 22.4 Å². The van der Waals surface area contributed by atoms with Crippen LogP contribution >= 0.6 is 12.2 Å². The third-order valence-corrected chi connectivity index (χ3v) is 5.91. The number of benzene rings is 1. The maximum Gasteiger partial charge on any atom is 0.243 e. The van der Waals surface area contributed by atoms with Gasteiger partial charge in [0.25, 0.3) is 0 Å². The summed E-state index contributed by atoms with van der Waals surface area (Å²) in [6.07, 6.45) is 2.44. The second-order valence-corrected chi connectivity index (χ2v) is 7.65. The van der Waals surface area contributed by atoms with Crippen LogP contribution in [0.2, 0.25) is 0 Å². The van der Waals surface area contributed by atoms with E-state index in [9.17, 15) is 8.42 Å². The summed E-state index contributed by atoms with van der Waals surface area (Å²) in [6.45, 7) is 1.10. The largest absolute Gasteiger partial charge is 0.396 e. The van der Waals surface area contributed by atoms with Crippen molar-refractivity contribution in [3.63, 3.8) is 0 Å². The van der Waals surface area contributed by atoms with Gasteiger partial charge in [-0.25, -0.2) is 8.42 Å². The van der Waals surface area contributed by atoms with Crippen molar-refractivity contribution < 1.29 is 13.5 Å². The highest BCUT2D eigenvalue weighted by atomic mass is 32.2. The van der Waals surface area contributed by atoms with Crippen LogP contribution in [0.25, 0.3) is 0 Å². The van der Waals surface area contributed by atoms with Crippen LogP contribution in [0.5, 0.6) is 0 Å². The fraction of sp³-hybridized carbons (Fsp3) is 0.500. The van der Waals surface area contributed by atoms with E-state index in [2.05, 4.69) is 0 Å². The van der Waals surface area contributed by atoms with Gasteiger partial charge in [-0.05, 0) is 37.3 Å². The topological polar surface area (TPSA) is 83.6 Å². The Morgan fingerprint density at radius 3 is 2.62 bits per heavy atom. The van der Waals surface area contributed by atoms with E-state index in [1.54, 1.807) is 24.3 Å². The molecule has 0 radical (unpaired) electrons. The standard InChI is InChI=1S/C14H20N2O3S2/c15-14(20)12-3-5-13(6-4-12)21(18,19)16-8-1-2-11(10-16)7-9-17/h3-6,11,17H,1-2,7-10H2,(H2,15,20). The molecule has 0 spiro atoms. The molecule has 116 valence electrons. The number of nitrogens with two attached hydrogens (primary N) is 1. The highest BCUT2D eigenvalue weighted by Gasteiger charge is 2.29. The zero-order valence-electron chi connectivity index (χ0n) is 11.7. The Balaban J connectivity index is 2.18. The van der Waals surface area contributed by atoms with Gasteiger partial charge in [-0.3, -0.25) is 0 Å². The molecule has 0 amide bonds. The molecule has 2 rings (SSSR count). The van der Waals surface area contributed by atoms with E-state index in [1.807, 2.05) is 0 Å². The summed E-state index contributed by atoms with van der Waals surface area (Å²) in [5.41, 5.74) is 6.17. The average molecular weight is 328 g/mol. The average Bonchev–Trinajstić information content (AvgIpc) is 2.48. The van der Waals surface area contributed by atoms with Crippen LogP contribution in [0.4, 0.5) is 0 Å². The highest BCUT2D eigenvalue weighted by Crippen LogP contribution is 2.25. The maximum absolute atomic E-state index is 12.6. The van der Waals surface area contributed by atoms with Crippen LogP contribution in [0, 0.1) is 5.92 Å². The minimum Gasteiger partial charge on any atom is -0.396 e. The van der Waals surface area contributed by atoms with Crippen molar-refractivity contribution >= 4 is 27.2 Å². The van der Waals surface area contributed by atoms with Crippen LogP contribution in [0.15, 0.2) is 29.2 Å². The van der Waals surface area contributed by atoms with Gasteiger partial charge in [0.15, 0.2) is 0 Å². The Morgan fingerprint density at radius 1 is 1.38 bits per heavy atom. The lowest BCUT2D eigenvalue weighted by atomic mass is 9.97. The molecule has 0 bridgehead atoms. The first kappa shape index (κ1) is 16.4. The summed E-state index contributed by atoms with van der Waals surface area (Å²) < 4.78 is 26.7. The van der Waals surface area contributed by atoms with Gasteiger partial charge in [-0.1, -0.05) is 24.4 Å². The number of aliphatic hydroxyl groups is 1. The molecule has 1 heterocycles. The number of thiocarbonyl (C=S) groups is 1. The first-order valence-electron chi connectivity index (χ1n) is 6.96. The molecular weight excluding hydrogens is 308 g/mol. The molecule has 21 heavy (non-hydrogen) atoms. The summed E-state index contributed by atoms with van der Waals surface area (Å²) in [7, 11) is -3.49. The number of aliphatic hydroxyl groups excluding tert-OH is 1. The van der Waals surface area contributed by atoms with Crippen molar-refractivity contribution in [2.75, 3.05) is 19.7 Å². The highest BCUT2D eigenvalue weighted by molar-refractivity contribution is 7.89. The van der Waals surface area contributed by atoms with Crippen molar-refractivity contribution in [3.05, 3.63) is 29.8 Å². The third-order valence-electron chi connectivity index (χ3n) is 3.80. The van der Waals surface area contributed by atoms with Gasteiger partial charge in [0.1, 0.15) is 4.99 Å². The number of rotatable bonds is 5. The lowest BCUT2D eigenvalue weighted by molar-refractivity contribution is 0.203. The van der Waals surface area contributed by atoms with Gasteiger partial charge in [0.05, 0.1) is 4.90 Å². The number of hydrogen-bond acceptors (Lipinski definition) is 4. The molecule has 1 aliphatic rings. The van der Waals surface area contributed by atoms with Crippen molar-refractivity contribution in [2.45, 2.75) is 24.2 Å². The molecule has 0 aromatic heterocycles. The molecule has 1 aromatic carbocycles. The maximum atomic E-state index is 12.6. The minimum atomic E-state index is -3.49. The van der Waals surface area contributed by atoms with Crippen LogP contribution in [-0.4, -0.2) is 42.5 Å². The van der Waals surface area contributed by atoms with Gasteiger partial charge >= 0.3 is 0 Å². The van der Waals surface area contributed by atoms with Crippen LogP contribution < -0.4 is 5.73 Å². The number of sulfonamides is 1. The van der Waals surface area contributed by atoms with E-state index in [1.165, 1.54) is 4.31 Å². The van der Waals surface area contributed by atoms with Crippen molar-refractivity contribution in [2.24, 2.45) is 11.7 Å². The number of piperidine rings is 1. The third kappa shape index (κ3) is 3.79. The predicted molar refractivity (Wildman–Crippen MR) is 85.5 cm³/mol. The van der Waals surface area contributed by atoms with Crippen molar-refractivity contribution in [1.29, 1.82) is 0 Å². The summed E-state index contributed by atoms with van der Waals surface area (Å²) in [6, 6.07) is 6.34. The molecule has 0 aliphatic carbocycles. The molecule has 1 aliphatic heterocycles. The fourth-order valence-electron chi connectivity index (χ4n) is 2.60. The van der Waals surface area contributed by atoms with E-state index < -0.39 is 10.0 Å². The van der Waals surface area contributed by atoms with E-state index >= 15 is 0 Å². The molecular formula is C14H20N2O3S2. The molecule has 1 saturated heterocycles. The Morgan fingerprint density at radius 2 is 2.05 bits per heavy atom. The van der Waals surface area contributed by atoms with Gasteiger partial charge in [0, 0.05) is 25.3 Å². The summed E-state index contributed by atoms with van der Waals surface area (Å²) in [4.78, 5) is 0.507. The Bertz CT molecular complexity index is 597. The van der Waals surface area contributed by atoms with Gasteiger partial charge in [0.2, 0.25) is 10.0 Å². The molecule has 0 saturated carbocycles. The van der Waals surface area contributed by atoms with Gasteiger partial charge in [-0.2, -0.15) is 4.31 Å². The molecule has 5 nitrogen and oxygen atoms in total. The predicted octanol–water partition coefficient (Wildman–Crippen LogP) is 1.10. The van der Waals surface area contributed by atoms with Crippen molar-refractivity contribution in [3.8, 4) is 0 Å². The monoisotopic (exact) mass is 328 g/mol. The van der Waals surface area contributed by atoms with Gasteiger partial charge < -0.3 is 10.8 Å².